The van der Waals surface area contributed by atoms with Crippen LogP contribution in [0.25, 0.3) is 0 Å². The second-order valence-electron chi connectivity index (χ2n) is 7.80. The van der Waals surface area contributed by atoms with Crippen molar-refractivity contribution in [3.05, 3.63) is 89.2 Å². The highest BCUT2D eigenvalue weighted by Crippen LogP contribution is 2.25. The number of anilines is 1. The van der Waals surface area contributed by atoms with E-state index in [1.807, 2.05) is 39.0 Å². The lowest BCUT2D eigenvalue weighted by molar-refractivity contribution is -0.120. The Morgan fingerprint density at radius 1 is 1.00 bits per heavy atom. The molecule has 0 fully saturated rings. The molecule has 1 amide bonds. The number of nitrogens with one attached hydrogen (secondary N) is 1. The van der Waals surface area contributed by atoms with Gasteiger partial charge in [0.2, 0.25) is 5.91 Å². The van der Waals surface area contributed by atoms with Crippen molar-refractivity contribution < 1.29 is 22.3 Å². The average molecular weight is 471 g/mol. The highest BCUT2D eigenvalue weighted by Gasteiger charge is 2.28. The van der Waals surface area contributed by atoms with E-state index in [9.17, 15) is 17.6 Å². The summed E-state index contributed by atoms with van der Waals surface area (Å²) in [5, 5.41) is 2.86. The van der Waals surface area contributed by atoms with Crippen LogP contribution in [0.3, 0.4) is 0 Å². The second-order valence-corrected chi connectivity index (χ2v) is 9.66. The zero-order valence-corrected chi connectivity index (χ0v) is 19.8. The Kier molecular flexibility index (Phi) is 7.38. The van der Waals surface area contributed by atoms with E-state index in [0.29, 0.717) is 5.75 Å². The van der Waals surface area contributed by atoms with E-state index in [0.717, 1.165) is 33.1 Å². The average Bonchev–Trinajstić information content (AvgIpc) is 2.80. The number of hydrogen-bond acceptors (Lipinski definition) is 4. The normalized spacial score (nSPS) is 12.2. The van der Waals surface area contributed by atoms with Crippen molar-refractivity contribution in [2.24, 2.45) is 0 Å². The number of carbonyl (C=O) groups excluding carboxylic acids is 1. The fourth-order valence-corrected chi connectivity index (χ4v) is 4.75. The van der Waals surface area contributed by atoms with Crippen molar-refractivity contribution in [3.8, 4) is 5.75 Å². The third-order valence-corrected chi connectivity index (χ3v) is 7.25. The molecule has 1 N–H and O–H groups in total. The van der Waals surface area contributed by atoms with E-state index in [1.54, 1.807) is 0 Å². The van der Waals surface area contributed by atoms with Crippen LogP contribution < -0.4 is 14.4 Å². The van der Waals surface area contributed by atoms with Crippen molar-refractivity contribution in [1.29, 1.82) is 0 Å². The molecule has 8 heteroatoms. The molecule has 0 aliphatic heterocycles. The molecule has 1 atom stereocenters. The Hall–Kier alpha value is -3.39. The van der Waals surface area contributed by atoms with Crippen LogP contribution in [0.4, 0.5) is 10.1 Å². The van der Waals surface area contributed by atoms with Gasteiger partial charge in [-0.2, -0.15) is 0 Å². The molecule has 0 radical (unpaired) electrons. The standard InChI is InChI=1S/C25H27FN2O4S/c1-17-5-6-20(15-18(17)2)19(3)27-25(29)16-28(22-9-7-21(26)8-10-22)33(30,31)24-13-11-23(32-4)12-14-24/h5-15,19H,16H2,1-4H3,(H,27,29). The van der Waals surface area contributed by atoms with Crippen LogP contribution in [0, 0.1) is 19.7 Å². The van der Waals surface area contributed by atoms with Crippen LogP contribution >= 0.6 is 0 Å². The lowest BCUT2D eigenvalue weighted by Gasteiger charge is -2.25. The van der Waals surface area contributed by atoms with Gasteiger partial charge in [0.1, 0.15) is 18.1 Å². The molecule has 0 aliphatic carbocycles. The maximum Gasteiger partial charge on any atom is 0.264 e. The third-order valence-electron chi connectivity index (χ3n) is 5.46. The van der Waals surface area contributed by atoms with Crippen LogP contribution in [-0.2, 0) is 14.8 Å². The van der Waals surface area contributed by atoms with Gasteiger partial charge in [-0.1, -0.05) is 18.2 Å². The highest BCUT2D eigenvalue weighted by atomic mass is 32.2. The number of amides is 1. The van der Waals surface area contributed by atoms with Crippen LogP contribution in [0.15, 0.2) is 71.6 Å². The number of rotatable bonds is 8. The van der Waals surface area contributed by atoms with E-state index in [2.05, 4.69) is 5.32 Å². The Balaban J connectivity index is 1.88. The topological polar surface area (TPSA) is 75.7 Å². The van der Waals surface area contributed by atoms with Gasteiger partial charge in [-0.25, -0.2) is 12.8 Å². The first kappa shape index (κ1) is 24.3. The van der Waals surface area contributed by atoms with E-state index in [1.165, 1.54) is 43.5 Å². The molecule has 0 saturated carbocycles. The molecule has 0 aliphatic rings. The predicted octanol–water partition coefficient (Wildman–Crippen LogP) is 4.52. The monoisotopic (exact) mass is 470 g/mol. The fourth-order valence-electron chi connectivity index (χ4n) is 3.33. The molecule has 6 nitrogen and oxygen atoms in total. The largest absolute Gasteiger partial charge is 0.497 e. The first-order valence-electron chi connectivity index (χ1n) is 10.4. The third kappa shape index (κ3) is 5.70. The van der Waals surface area contributed by atoms with Crippen molar-refractivity contribution in [2.45, 2.75) is 31.7 Å². The van der Waals surface area contributed by atoms with E-state index in [4.69, 9.17) is 4.74 Å². The summed E-state index contributed by atoms with van der Waals surface area (Å²) in [7, 11) is -2.62. The number of methoxy groups -OCH3 is 1. The lowest BCUT2D eigenvalue weighted by Crippen LogP contribution is -2.41. The number of aryl methyl sites for hydroxylation is 2. The highest BCUT2D eigenvalue weighted by molar-refractivity contribution is 7.92. The lowest BCUT2D eigenvalue weighted by atomic mass is 10.0. The number of sulfonamides is 1. The van der Waals surface area contributed by atoms with Gasteiger partial charge in [0, 0.05) is 0 Å². The van der Waals surface area contributed by atoms with Crippen molar-refractivity contribution >= 4 is 21.6 Å². The predicted molar refractivity (Wildman–Crippen MR) is 126 cm³/mol. The molecule has 3 rings (SSSR count). The summed E-state index contributed by atoms with van der Waals surface area (Å²) in [4.78, 5) is 12.9. The molecule has 174 valence electrons. The molecule has 0 aromatic heterocycles. The van der Waals surface area contributed by atoms with Crippen LogP contribution in [-0.4, -0.2) is 28.0 Å². The number of ether oxygens (including phenoxy) is 1. The summed E-state index contributed by atoms with van der Waals surface area (Å²) in [5.41, 5.74) is 3.34. The van der Waals surface area contributed by atoms with Crippen LogP contribution in [0.2, 0.25) is 0 Å². The molecular formula is C25H27FN2O4S. The summed E-state index contributed by atoms with van der Waals surface area (Å²) in [5.74, 6) is -0.488. The van der Waals surface area contributed by atoms with Crippen molar-refractivity contribution in [1.82, 2.24) is 5.32 Å². The molecule has 33 heavy (non-hydrogen) atoms. The molecule has 0 heterocycles. The summed E-state index contributed by atoms with van der Waals surface area (Å²) in [6.07, 6.45) is 0. The van der Waals surface area contributed by atoms with Crippen LogP contribution in [0.1, 0.15) is 29.7 Å². The van der Waals surface area contributed by atoms with Gasteiger partial charge in [0.15, 0.2) is 0 Å². The van der Waals surface area contributed by atoms with Gasteiger partial charge < -0.3 is 10.1 Å². The molecule has 1 unspecified atom stereocenters. The quantitative estimate of drug-likeness (QED) is 0.525. The van der Waals surface area contributed by atoms with Crippen molar-refractivity contribution in [2.75, 3.05) is 18.0 Å². The van der Waals surface area contributed by atoms with Gasteiger partial charge in [-0.05, 0) is 86.0 Å². The summed E-state index contributed by atoms with van der Waals surface area (Å²) in [6, 6.07) is 16.4. The summed E-state index contributed by atoms with van der Waals surface area (Å²) >= 11 is 0. The maximum absolute atomic E-state index is 13.5. The number of halogens is 1. The minimum atomic E-state index is -4.11. The van der Waals surface area contributed by atoms with Gasteiger partial charge in [-0.3, -0.25) is 9.10 Å². The van der Waals surface area contributed by atoms with Crippen molar-refractivity contribution in [3.63, 3.8) is 0 Å². The molecule has 0 spiro atoms. The zero-order valence-electron chi connectivity index (χ0n) is 19.0. The summed E-state index contributed by atoms with van der Waals surface area (Å²) in [6.45, 7) is 5.37. The Labute approximate surface area is 194 Å². The maximum atomic E-state index is 13.5. The number of carbonyl (C=O) groups is 1. The van der Waals surface area contributed by atoms with E-state index in [-0.39, 0.29) is 16.6 Å². The van der Waals surface area contributed by atoms with Gasteiger partial charge in [0.05, 0.1) is 23.7 Å². The van der Waals surface area contributed by atoms with E-state index >= 15 is 0 Å². The minimum Gasteiger partial charge on any atom is -0.497 e. The smallest absolute Gasteiger partial charge is 0.264 e. The number of benzene rings is 3. The Morgan fingerprint density at radius 3 is 2.21 bits per heavy atom. The van der Waals surface area contributed by atoms with Gasteiger partial charge in [-0.15, -0.1) is 0 Å². The van der Waals surface area contributed by atoms with Crippen LogP contribution in [0.5, 0.6) is 5.75 Å². The van der Waals surface area contributed by atoms with E-state index < -0.39 is 28.3 Å². The minimum absolute atomic E-state index is 0.0115. The first-order valence-corrected chi connectivity index (χ1v) is 11.8. The molecule has 0 bridgehead atoms. The number of hydrogen-bond donors (Lipinski definition) is 1. The molecule has 3 aromatic rings. The Morgan fingerprint density at radius 2 is 1.64 bits per heavy atom. The number of nitrogens with zero attached hydrogens (tertiary/aromatic N) is 1. The fraction of sp³-hybridized carbons (Fsp3) is 0.240. The summed E-state index contributed by atoms with van der Waals surface area (Å²) < 4.78 is 46.3. The zero-order chi connectivity index (χ0) is 24.2. The SMILES string of the molecule is COc1ccc(S(=O)(=O)N(CC(=O)NC(C)c2ccc(C)c(C)c2)c2ccc(F)cc2)cc1. The molecule has 3 aromatic carbocycles. The van der Waals surface area contributed by atoms with Gasteiger partial charge in [0.25, 0.3) is 10.0 Å². The van der Waals surface area contributed by atoms with Gasteiger partial charge >= 0.3 is 0 Å². The molecule has 0 saturated heterocycles. The second kappa shape index (κ2) is 10.0. The Bertz CT molecular complexity index is 1230. The first-order chi connectivity index (χ1) is 15.6. The molecular weight excluding hydrogens is 443 g/mol.